The molecule has 1 aromatic carbocycles. The van der Waals surface area contributed by atoms with E-state index in [-0.39, 0.29) is 5.75 Å². The van der Waals surface area contributed by atoms with Gasteiger partial charge in [0.15, 0.2) is 0 Å². The van der Waals surface area contributed by atoms with Gasteiger partial charge in [-0.1, -0.05) is 18.9 Å². The smallest absolute Gasteiger partial charge is 0.428 e. The van der Waals surface area contributed by atoms with Crippen LogP contribution < -0.4 is 4.74 Å². The minimum atomic E-state index is -4.52. The second-order valence-corrected chi connectivity index (χ2v) is 4.64. The molecule has 0 radical (unpaired) electrons. The van der Waals surface area contributed by atoms with Gasteiger partial charge in [0.25, 0.3) is 0 Å². The average Bonchev–Trinajstić information content (AvgIpc) is 2.54. The lowest BCUT2D eigenvalue weighted by atomic mass is 10.2. The Morgan fingerprint density at radius 3 is 2.30 bits per heavy atom. The molecule has 0 N–H and O–H groups in total. The average molecular weight is 323 g/mol. The number of alkyl halides is 4. The number of aryl methyl sites for hydroxylation is 1. The quantitative estimate of drug-likeness (QED) is 0.619. The zero-order valence-corrected chi connectivity index (χ0v) is 12.2. The highest BCUT2D eigenvalue weighted by Gasteiger charge is 2.43. The minimum Gasteiger partial charge on any atom is -0.428 e. The molecule has 0 aliphatic rings. The number of benzene rings is 1. The van der Waals surface area contributed by atoms with Gasteiger partial charge in [-0.3, -0.25) is 0 Å². The van der Waals surface area contributed by atoms with Crippen molar-refractivity contribution in [3.8, 4) is 17.6 Å². The largest absolute Gasteiger partial charge is 0.461 e. The fourth-order valence-electron chi connectivity index (χ4n) is 1.65. The molecule has 0 fully saturated rings. The van der Waals surface area contributed by atoms with Gasteiger partial charge in [0.05, 0.1) is 0 Å². The summed E-state index contributed by atoms with van der Waals surface area (Å²) >= 11 is 0. The Balaban J connectivity index is 2.07. The number of ether oxygens (including phenoxy) is 1. The molecular formula is C17H13F4NO. The molecule has 2 rings (SSSR count). The molecule has 0 saturated heterocycles. The number of halogens is 4. The van der Waals surface area contributed by atoms with Crippen molar-refractivity contribution in [2.24, 2.45) is 0 Å². The van der Waals surface area contributed by atoms with Gasteiger partial charge in [-0.05, 0) is 48.2 Å². The maximum atomic E-state index is 12.8. The Hall–Kier alpha value is -2.55. The molecule has 0 atom stereocenters. The summed E-state index contributed by atoms with van der Waals surface area (Å²) in [6, 6.07) is 8.84. The van der Waals surface area contributed by atoms with E-state index in [9.17, 15) is 17.6 Å². The maximum Gasteiger partial charge on any atom is 0.461 e. The Kier molecular flexibility index (Phi) is 5.22. The Bertz CT molecular complexity index is 700. The third-order valence-corrected chi connectivity index (χ3v) is 2.93. The van der Waals surface area contributed by atoms with Crippen molar-refractivity contribution in [3.63, 3.8) is 0 Å². The number of nitrogens with zero attached hydrogens (tertiary/aromatic N) is 1. The topological polar surface area (TPSA) is 22.1 Å². The van der Waals surface area contributed by atoms with Crippen LogP contribution in [0, 0.1) is 11.8 Å². The van der Waals surface area contributed by atoms with Crippen molar-refractivity contribution in [1.82, 2.24) is 4.98 Å². The summed E-state index contributed by atoms with van der Waals surface area (Å²) in [6.07, 6.45) is -5.80. The van der Waals surface area contributed by atoms with Crippen LogP contribution in [-0.4, -0.2) is 17.5 Å². The van der Waals surface area contributed by atoms with Gasteiger partial charge in [0.2, 0.25) is 0 Å². The van der Waals surface area contributed by atoms with Crippen LogP contribution in [0.3, 0.4) is 0 Å². The molecule has 0 aliphatic carbocycles. The van der Waals surface area contributed by atoms with Crippen LogP contribution in [0.15, 0.2) is 42.6 Å². The Morgan fingerprint density at radius 2 is 1.78 bits per heavy atom. The van der Waals surface area contributed by atoms with E-state index in [4.69, 9.17) is 0 Å². The van der Waals surface area contributed by atoms with Crippen LogP contribution in [0.5, 0.6) is 5.75 Å². The normalized spacial score (nSPS) is 11.0. The SMILES string of the molecule is CCc1ccc(C#Cc2ccc(OC(F)(F)C(F)F)cc2)nc1. The third-order valence-electron chi connectivity index (χ3n) is 2.93. The van der Waals surface area contributed by atoms with Crippen molar-refractivity contribution < 1.29 is 22.3 Å². The van der Waals surface area contributed by atoms with E-state index in [2.05, 4.69) is 21.6 Å². The molecule has 0 spiro atoms. The van der Waals surface area contributed by atoms with Crippen LogP contribution in [0.1, 0.15) is 23.7 Å². The molecule has 0 saturated carbocycles. The van der Waals surface area contributed by atoms with E-state index in [1.165, 1.54) is 12.1 Å². The van der Waals surface area contributed by atoms with Gasteiger partial charge in [-0.2, -0.15) is 17.6 Å². The molecule has 0 bridgehead atoms. The molecule has 120 valence electrons. The van der Waals surface area contributed by atoms with Crippen molar-refractivity contribution in [3.05, 3.63) is 59.4 Å². The van der Waals surface area contributed by atoms with Crippen molar-refractivity contribution in [2.75, 3.05) is 0 Å². The van der Waals surface area contributed by atoms with Gasteiger partial charge in [0.1, 0.15) is 11.4 Å². The van der Waals surface area contributed by atoms with Crippen LogP contribution in [-0.2, 0) is 6.42 Å². The second-order valence-electron chi connectivity index (χ2n) is 4.64. The summed E-state index contributed by atoms with van der Waals surface area (Å²) in [6.45, 7) is 2.02. The van der Waals surface area contributed by atoms with Crippen molar-refractivity contribution in [1.29, 1.82) is 0 Å². The fraction of sp³-hybridized carbons (Fsp3) is 0.235. The number of aromatic nitrogens is 1. The predicted molar refractivity (Wildman–Crippen MR) is 77.6 cm³/mol. The summed E-state index contributed by atoms with van der Waals surface area (Å²) in [7, 11) is 0. The van der Waals surface area contributed by atoms with E-state index in [1.54, 1.807) is 12.3 Å². The van der Waals surface area contributed by atoms with Gasteiger partial charge >= 0.3 is 12.5 Å². The van der Waals surface area contributed by atoms with Crippen LogP contribution in [0.25, 0.3) is 0 Å². The molecule has 6 heteroatoms. The molecule has 0 amide bonds. The highest BCUT2D eigenvalue weighted by molar-refractivity contribution is 5.42. The molecule has 2 aromatic rings. The first-order valence-corrected chi connectivity index (χ1v) is 6.82. The van der Waals surface area contributed by atoms with Crippen LogP contribution in [0.4, 0.5) is 17.6 Å². The van der Waals surface area contributed by atoms with E-state index >= 15 is 0 Å². The van der Waals surface area contributed by atoms with Crippen molar-refractivity contribution in [2.45, 2.75) is 25.9 Å². The number of hydrogen-bond acceptors (Lipinski definition) is 2. The lowest BCUT2D eigenvalue weighted by Crippen LogP contribution is -2.33. The first kappa shape index (κ1) is 16.8. The highest BCUT2D eigenvalue weighted by atomic mass is 19.3. The first-order valence-electron chi connectivity index (χ1n) is 6.82. The lowest BCUT2D eigenvalue weighted by Gasteiger charge is -2.16. The Labute approximate surface area is 131 Å². The minimum absolute atomic E-state index is 0.355. The molecule has 1 aromatic heterocycles. The molecule has 1 heterocycles. The van der Waals surface area contributed by atoms with Gasteiger partial charge in [-0.15, -0.1) is 0 Å². The summed E-state index contributed by atoms with van der Waals surface area (Å²) < 4.78 is 53.5. The van der Waals surface area contributed by atoms with E-state index in [1.807, 2.05) is 13.0 Å². The number of hydrogen-bond donors (Lipinski definition) is 0. The van der Waals surface area contributed by atoms with Crippen molar-refractivity contribution >= 4 is 0 Å². The first-order chi connectivity index (χ1) is 10.9. The van der Waals surface area contributed by atoms with Gasteiger partial charge in [0, 0.05) is 11.8 Å². The van der Waals surface area contributed by atoms with E-state index < -0.39 is 12.5 Å². The molecule has 0 aliphatic heterocycles. The zero-order valence-electron chi connectivity index (χ0n) is 12.2. The molecule has 2 nitrogen and oxygen atoms in total. The number of rotatable bonds is 4. The monoisotopic (exact) mass is 323 g/mol. The van der Waals surface area contributed by atoms with Crippen LogP contribution in [0.2, 0.25) is 0 Å². The molecule has 0 unspecified atom stereocenters. The maximum absolute atomic E-state index is 12.8. The third kappa shape index (κ3) is 4.71. The standard InChI is InChI=1S/C17H13F4NO/c1-2-12-3-7-14(22-11-12)8-4-13-5-9-15(10-6-13)23-17(20,21)16(18)19/h3,5-7,9-11,16H,2H2,1H3. The van der Waals surface area contributed by atoms with E-state index in [0.29, 0.717) is 11.3 Å². The summed E-state index contributed by atoms with van der Waals surface area (Å²) in [5, 5.41) is 0. The molecule has 23 heavy (non-hydrogen) atoms. The van der Waals surface area contributed by atoms with Crippen LogP contribution >= 0.6 is 0 Å². The lowest BCUT2D eigenvalue weighted by molar-refractivity contribution is -0.253. The predicted octanol–water partition coefficient (Wildman–Crippen LogP) is 4.28. The van der Waals surface area contributed by atoms with Gasteiger partial charge < -0.3 is 4.74 Å². The van der Waals surface area contributed by atoms with E-state index in [0.717, 1.165) is 24.1 Å². The number of pyridine rings is 1. The zero-order chi connectivity index (χ0) is 16.9. The highest BCUT2D eigenvalue weighted by Crippen LogP contribution is 2.27. The summed E-state index contributed by atoms with van der Waals surface area (Å²) in [5.74, 6) is 5.28. The fourth-order valence-corrected chi connectivity index (χ4v) is 1.65. The molecular weight excluding hydrogens is 310 g/mol. The Morgan fingerprint density at radius 1 is 1.09 bits per heavy atom. The summed E-state index contributed by atoms with van der Waals surface area (Å²) in [4.78, 5) is 4.17. The summed E-state index contributed by atoms with van der Waals surface area (Å²) in [5.41, 5.74) is 2.20. The second kappa shape index (κ2) is 7.14. The van der Waals surface area contributed by atoms with Gasteiger partial charge in [-0.25, -0.2) is 4.98 Å².